The summed E-state index contributed by atoms with van der Waals surface area (Å²) in [5.74, 6) is 0.174. The van der Waals surface area contributed by atoms with Gasteiger partial charge in [-0.1, -0.05) is 0 Å². The number of fused-ring (bicyclic) bond motifs is 2. The molecule has 1 aromatic rings. The van der Waals surface area contributed by atoms with Gasteiger partial charge in [0.15, 0.2) is 0 Å². The average Bonchev–Trinajstić information content (AvgIpc) is 2.37. The van der Waals surface area contributed by atoms with Crippen LogP contribution in [0.2, 0.25) is 0 Å². The molecule has 106 valence electrons. The lowest BCUT2D eigenvalue weighted by molar-refractivity contribution is 0.158. The minimum atomic E-state index is -0.878. The Labute approximate surface area is 113 Å². The standard InChI is InChI=1S/C11H16N2O5S/c1-6-9(16)10(17)13-3-8(15)5-19-4-7(14)2-12(6)11(13)18/h7-8,14-16H,2-5H2,1H3. The van der Waals surface area contributed by atoms with Crippen LogP contribution >= 0.6 is 11.8 Å². The van der Waals surface area contributed by atoms with E-state index in [0.29, 0.717) is 11.5 Å². The molecular weight excluding hydrogens is 272 g/mol. The smallest absolute Gasteiger partial charge is 0.331 e. The Balaban J connectivity index is 2.65. The highest BCUT2D eigenvalue weighted by atomic mass is 32.2. The van der Waals surface area contributed by atoms with Gasteiger partial charge in [0.25, 0.3) is 5.56 Å². The molecule has 0 saturated heterocycles. The van der Waals surface area contributed by atoms with E-state index in [2.05, 4.69) is 0 Å². The van der Waals surface area contributed by atoms with Gasteiger partial charge in [0.1, 0.15) is 0 Å². The molecule has 2 heterocycles. The normalized spacial score (nSPS) is 24.2. The van der Waals surface area contributed by atoms with Crippen LogP contribution in [-0.2, 0) is 13.1 Å². The van der Waals surface area contributed by atoms with Crippen molar-refractivity contribution >= 4 is 11.8 Å². The van der Waals surface area contributed by atoms with E-state index in [1.54, 1.807) is 0 Å². The Morgan fingerprint density at radius 2 is 1.63 bits per heavy atom. The van der Waals surface area contributed by atoms with Crippen LogP contribution in [0.1, 0.15) is 5.69 Å². The van der Waals surface area contributed by atoms with Crippen LogP contribution in [0.15, 0.2) is 9.59 Å². The van der Waals surface area contributed by atoms with E-state index >= 15 is 0 Å². The molecule has 1 aromatic heterocycles. The second-order valence-electron chi connectivity index (χ2n) is 4.59. The predicted molar refractivity (Wildman–Crippen MR) is 70.7 cm³/mol. The molecule has 2 bridgehead atoms. The third kappa shape index (κ3) is 2.70. The van der Waals surface area contributed by atoms with Gasteiger partial charge in [-0.2, -0.15) is 11.8 Å². The number of aromatic nitrogens is 2. The number of hydrogen-bond acceptors (Lipinski definition) is 6. The average molecular weight is 288 g/mol. The maximum Gasteiger partial charge on any atom is 0.331 e. The molecule has 0 amide bonds. The molecule has 19 heavy (non-hydrogen) atoms. The molecule has 1 aliphatic heterocycles. The van der Waals surface area contributed by atoms with Gasteiger partial charge in [-0.3, -0.25) is 13.9 Å². The fourth-order valence-corrected chi connectivity index (χ4v) is 2.92. The second-order valence-corrected chi connectivity index (χ2v) is 5.66. The molecule has 0 saturated carbocycles. The first-order chi connectivity index (χ1) is 8.91. The van der Waals surface area contributed by atoms with E-state index in [1.807, 2.05) is 0 Å². The molecule has 0 aromatic carbocycles. The number of nitrogens with zero attached hydrogens (tertiary/aromatic N) is 2. The highest BCUT2D eigenvalue weighted by Gasteiger charge is 2.21. The summed E-state index contributed by atoms with van der Waals surface area (Å²) in [5, 5.41) is 29.3. The summed E-state index contributed by atoms with van der Waals surface area (Å²) in [6, 6.07) is 0. The van der Waals surface area contributed by atoms with Crippen molar-refractivity contribution in [2.24, 2.45) is 0 Å². The van der Waals surface area contributed by atoms with Crippen molar-refractivity contribution in [1.29, 1.82) is 0 Å². The Bertz CT molecular complexity index is 594. The largest absolute Gasteiger partial charge is 0.502 e. The predicted octanol–water partition coefficient (Wildman–Crippen LogP) is -1.51. The highest BCUT2D eigenvalue weighted by molar-refractivity contribution is 7.99. The summed E-state index contributed by atoms with van der Waals surface area (Å²) in [6.45, 7) is 1.31. The molecule has 2 unspecified atom stereocenters. The highest BCUT2D eigenvalue weighted by Crippen LogP contribution is 2.13. The van der Waals surface area contributed by atoms with Gasteiger partial charge in [0.05, 0.1) is 31.0 Å². The molecule has 2 rings (SSSR count). The third-order valence-electron chi connectivity index (χ3n) is 3.06. The zero-order valence-electron chi connectivity index (χ0n) is 10.4. The first-order valence-corrected chi connectivity index (χ1v) is 7.04. The number of aliphatic hydroxyl groups excluding tert-OH is 2. The van der Waals surface area contributed by atoms with Gasteiger partial charge in [0, 0.05) is 11.5 Å². The molecule has 0 spiro atoms. The van der Waals surface area contributed by atoms with Crippen LogP contribution in [-0.4, -0.2) is 48.2 Å². The van der Waals surface area contributed by atoms with Crippen LogP contribution in [0.5, 0.6) is 5.75 Å². The minimum Gasteiger partial charge on any atom is -0.502 e. The van der Waals surface area contributed by atoms with E-state index in [1.165, 1.54) is 23.3 Å². The Morgan fingerprint density at radius 3 is 2.21 bits per heavy atom. The number of aromatic hydroxyl groups is 1. The van der Waals surface area contributed by atoms with Gasteiger partial charge in [-0.15, -0.1) is 0 Å². The van der Waals surface area contributed by atoms with Gasteiger partial charge in [0.2, 0.25) is 5.75 Å². The van der Waals surface area contributed by atoms with Crippen LogP contribution in [0, 0.1) is 6.92 Å². The molecule has 2 atom stereocenters. The maximum absolute atomic E-state index is 12.2. The van der Waals surface area contributed by atoms with Crippen molar-refractivity contribution in [2.45, 2.75) is 32.2 Å². The summed E-state index contributed by atoms with van der Waals surface area (Å²) >= 11 is 1.36. The van der Waals surface area contributed by atoms with Crippen molar-refractivity contribution in [3.8, 4) is 5.75 Å². The van der Waals surface area contributed by atoms with E-state index < -0.39 is 29.2 Å². The number of rotatable bonds is 0. The van der Waals surface area contributed by atoms with Crippen molar-refractivity contribution in [3.05, 3.63) is 26.5 Å². The lowest BCUT2D eigenvalue weighted by Crippen LogP contribution is -2.45. The maximum atomic E-state index is 12.2. The minimum absolute atomic E-state index is 0.0155. The SMILES string of the molecule is Cc1c(O)c(=O)n2c(=O)n1CC(O)CSCC(O)C2. The Morgan fingerprint density at radius 1 is 1.11 bits per heavy atom. The van der Waals surface area contributed by atoms with E-state index in [-0.39, 0.29) is 18.8 Å². The van der Waals surface area contributed by atoms with Crippen LogP contribution in [0.3, 0.4) is 0 Å². The van der Waals surface area contributed by atoms with Gasteiger partial charge >= 0.3 is 5.69 Å². The molecule has 0 aliphatic carbocycles. The summed E-state index contributed by atoms with van der Waals surface area (Å²) in [6.07, 6.45) is -1.66. The lowest BCUT2D eigenvalue weighted by Gasteiger charge is -2.21. The van der Waals surface area contributed by atoms with Gasteiger partial charge in [-0.05, 0) is 6.92 Å². The number of thioether (sulfide) groups is 1. The van der Waals surface area contributed by atoms with Crippen molar-refractivity contribution in [2.75, 3.05) is 11.5 Å². The van der Waals surface area contributed by atoms with Crippen LogP contribution in [0.4, 0.5) is 0 Å². The molecular formula is C11H16N2O5S. The van der Waals surface area contributed by atoms with Gasteiger partial charge < -0.3 is 15.3 Å². The number of aliphatic hydroxyl groups is 2. The van der Waals surface area contributed by atoms with Crippen molar-refractivity contribution in [1.82, 2.24) is 9.13 Å². The zero-order valence-corrected chi connectivity index (χ0v) is 11.3. The van der Waals surface area contributed by atoms with E-state index in [4.69, 9.17) is 0 Å². The summed E-state index contributed by atoms with van der Waals surface area (Å²) < 4.78 is 1.98. The lowest BCUT2D eigenvalue weighted by atomic mass is 10.3. The van der Waals surface area contributed by atoms with Crippen molar-refractivity contribution in [3.63, 3.8) is 0 Å². The zero-order chi connectivity index (χ0) is 14.2. The third-order valence-corrected chi connectivity index (χ3v) is 4.31. The Hall–Kier alpha value is -1.25. The topological polar surface area (TPSA) is 105 Å². The molecule has 0 fully saturated rings. The molecule has 8 heteroatoms. The first-order valence-electron chi connectivity index (χ1n) is 5.89. The summed E-state index contributed by atoms with van der Waals surface area (Å²) in [4.78, 5) is 24.0. The quantitative estimate of drug-likeness (QED) is 0.536. The molecule has 3 N–H and O–H groups in total. The first kappa shape index (κ1) is 14.2. The fraction of sp³-hybridized carbons (Fsp3) is 0.636. The van der Waals surface area contributed by atoms with Gasteiger partial charge in [-0.25, -0.2) is 4.79 Å². The Kier molecular flexibility index (Phi) is 4.02. The summed E-state index contributed by atoms with van der Waals surface area (Å²) in [7, 11) is 0. The van der Waals surface area contributed by atoms with Crippen LogP contribution in [0.25, 0.3) is 0 Å². The molecule has 1 aliphatic rings. The van der Waals surface area contributed by atoms with Crippen molar-refractivity contribution < 1.29 is 15.3 Å². The van der Waals surface area contributed by atoms with E-state index in [9.17, 15) is 24.9 Å². The molecule has 0 radical (unpaired) electrons. The fourth-order valence-electron chi connectivity index (χ4n) is 2.03. The van der Waals surface area contributed by atoms with E-state index in [0.717, 1.165) is 4.57 Å². The van der Waals surface area contributed by atoms with Crippen LogP contribution < -0.4 is 11.2 Å². The second kappa shape index (κ2) is 5.40. The monoisotopic (exact) mass is 288 g/mol. The number of hydrogen-bond donors (Lipinski definition) is 3. The summed E-state index contributed by atoms with van der Waals surface area (Å²) in [5.41, 5.74) is -1.30. The molecule has 7 nitrogen and oxygen atoms in total.